The molecule has 214 valence electrons. The molecule has 1 aliphatic rings. The van der Waals surface area contributed by atoms with Crippen LogP contribution in [0.5, 0.6) is 11.5 Å². The highest BCUT2D eigenvalue weighted by atomic mass is 32.2. The molecule has 0 aromatic heterocycles. The lowest BCUT2D eigenvalue weighted by Crippen LogP contribution is -2.29. The molecule has 1 unspecified atom stereocenters. The molecule has 11 heteroatoms. The molecule has 1 aliphatic heterocycles. The Morgan fingerprint density at radius 1 is 1.00 bits per heavy atom. The molecular formula is C27H37F3O7S. The van der Waals surface area contributed by atoms with Gasteiger partial charge in [0.1, 0.15) is 11.5 Å². The Morgan fingerprint density at radius 2 is 1.63 bits per heavy atom. The lowest BCUT2D eigenvalue weighted by atomic mass is 9.92. The highest BCUT2D eigenvalue weighted by molar-refractivity contribution is 7.88. The minimum Gasteiger partial charge on any atom is -0.493 e. The van der Waals surface area contributed by atoms with Crippen LogP contribution in [0.25, 0.3) is 11.1 Å². The smallest absolute Gasteiger partial charge is 0.493 e. The van der Waals surface area contributed by atoms with Gasteiger partial charge in [-0.25, -0.2) is 4.79 Å². The predicted molar refractivity (Wildman–Crippen MR) is 140 cm³/mol. The Morgan fingerprint density at radius 3 is 2.18 bits per heavy atom. The summed E-state index contributed by atoms with van der Waals surface area (Å²) in [5.74, 6) is -0.613. The van der Waals surface area contributed by atoms with Gasteiger partial charge in [0, 0.05) is 5.56 Å². The van der Waals surface area contributed by atoms with Crippen molar-refractivity contribution in [1.29, 1.82) is 0 Å². The van der Waals surface area contributed by atoms with Crippen molar-refractivity contribution in [2.75, 3.05) is 13.7 Å². The fourth-order valence-electron chi connectivity index (χ4n) is 3.47. The molecule has 2 aromatic rings. The van der Waals surface area contributed by atoms with E-state index >= 15 is 0 Å². The Labute approximate surface area is 223 Å². The van der Waals surface area contributed by atoms with E-state index in [2.05, 4.69) is 4.18 Å². The molecule has 0 saturated carbocycles. The van der Waals surface area contributed by atoms with Crippen LogP contribution in [0.3, 0.4) is 0 Å². The van der Waals surface area contributed by atoms with Gasteiger partial charge in [0.2, 0.25) is 0 Å². The largest absolute Gasteiger partial charge is 0.534 e. The maximum atomic E-state index is 12.9. The second kappa shape index (κ2) is 13.8. The molecule has 7 nitrogen and oxygen atoms in total. The number of halogens is 3. The zero-order chi connectivity index (χ0) is 29.3. The zero-order valence-corrected chi connectivity index (χ0v) is 23.9. The first-order chi connectivity index (χ1) is 17.7. The fraction of sp³-hybridized carbons (Fsp3) is 0.519. The zero-order valence-electron chi connectivity index (χ0n) is 23.1. The summed E-state index contributed by atoms with van der Waals surface area (Å²) in [7, 11) is -4.70. The first kappa shape index (κ1) is 33.2. The van der Waals surface area contributed by atoms with Crippen LogP contribution in [0.2, 0.25) is 0 Å². The number of carbonyl (C=O) groups excluding carboxylic acids is 1. The molecule has 0 fully saturated rings. The average molecular weight is 563 g/mol. The minimum absolute atomic E-state index is 0.253. The third-order valence-corrected chi connectivity index (χ3v) is 5.88. The van der Waals surface area contributed by atoms with Crippen molar-refractivity contribution in [2.45, 2.75) is 78.5 Å². The summed E-state index contributed by atoms with van der Waals surface area (Å²) in [6.07, 6.45) is 0.269. The van der Waals surface area contributed by atoms with Crippen LogP contribution < -0.4 is 8.92 Å². The fourth-order valence-corrected chi connectivity index (χ4v) is 3.92. The third-order valence-electron chi connectivity index (χ3n) is 4.90. The maximum absolute atomic E-state index is 12.9. The standard InChI is InChI=1S/C23H25F3O7S.2C2H6/c1-22(2,3)32-20(21(27)30-4)17-9-8-16(33-34(28,29)23(24,25)26)13-18(17)14-7-10-19-15(12-14)6-5-11-31-19;2*1-2/h7-10,12-13,20H,5-6,11H2,1-4H3;2*1-2H3. The van der Waals surface area contributed by atoms with E-state index in [-0.39, 0.29) is 11.1 Å². The first-order valence-electron chi connectivity index (χ1n) is 12.4. The van der Waals surface area contributed by atoms with Crippen molar-refractivity contribution in [3.05, 3.63) is 47.5 Å². The SMILES string of the molecule is CC.CC.COC(=O)C(OC(C)(C)C)c1ccc(OS(=O)(=O)C(F)(F)F)cc1-c1ccc2c(c1)CCCO2. The van der Waals surface area contributed by atoms with Crippen LogP contribution in [0.4, 0.5) is 13.2 Å². The highest BCUT2D eigenvalue weighted by Crippen LogP contribution is 2.39. The number of rotatable bonds is 6. The van der Waals surface area contributed by atoms with Gasteiger partial charge < -0.3 is 18.4 Å². The van der Waals surface area contributed by atoms with Crippen LogP contribution in [0.1, 0.15) is 72.1 Å². The number of hydrogen-bond acceptors (Lipinski definition) is 7. The summed E-state index contributed by atoms with van der Waals surface area (Å²) in [6.45, 7) is 13.8. The van der Waals surface area contributed by atoms with Crippen molar-refractivity contribution in [2.24, 2.45) is 0 Å². The maximum Gasteiger partial charge on any atom is 0.534 e. The molecule has 0 N–H and O–H groups in total. The van der Waals surface area contributed by atoms with Crippen LogP contribution in [0, 0.1) is 0 Å². The normalized spacial score (nSPS) is 13.9. The summed E-state index contributed by atoms with van der Waals surface area (Å²) in [5, 5.41) is 0. The average Bonchev–Trinajstić information content (AvgIpc) is 2.87. The minimum atomic E-state index is -5.89. The summed E-state index contributed by atoms with van der Waals surface area (Å²) >= 11 is 0. The lowest BCUT2D eigenvalue weighted by molar-refractivity contribution is -0.164. The van der Waals surface area contributed by atoms with Gasteiger partial charge in [-0.3, -0.25) is 0 Å². The van der Waals surface area contributed by atoms with E-state index in [1.54, 1.807) is 39.0 Å². The van der Waals surface area contributed by atoms with E-state index < -0.39 is 39.1 Å². The summed E-state index contributed by atoms with van der Waals surface area (Å²) in [5.41, 5.74) is -4.47. The van der Waals surface area contributed by atoms with Gasteiger partial charge in [0.15, 0.2) is 6.10 Å². The van der Waals surface area contributed by atoms with Gasteiger partial charge in [-0.2, -0.15) is 21.6 Å². The Bertz CT molecular complexity index is 1170. The molecule has 0 amide bonds. The van der Waals surface area contributed by atoms with E-state index in [9.17, 15) is 26.4 Å². The number of methoxy groups -OCH3 is 1. The van der Waals surface area contributed by atoms with Gasteiger partial charge >= 0.3 is 21.6 Å². The second-order valence-electron chi connectivity index (χ2n) is 8.64. The molecule has 1 atom stereocenters. The van der Waals surface area contributed by atoms with E-state index in [4.69, 9.17) is 14.2 Å². The monoisotopic (exact) mass is 562 g/mol. The number of carbonyl (C=O) groups is 1. The number of aryl methyl sites for hydroxylation is 1. The molecule has 1 heterocycles. The van der Waals surface area contributed by atoms with Crippen molar-refractivity contribution in [3.8, 4) is 22.6 Å². The number of alkyl halides is 3. The molecule has 0 bridgehead atoms. The van der Waals surface area contributed by atoms with E-state index in [1.807, 2.05) is 27.7 Å². The first-order valence-corrected chi connectivity index (χ1v) is 13.8. The number of esters is 1. The van der Waals surface area contributed by atoms with Crippen molar-refractivity contribution < 1.29 is 44.8 Å². The van der Waals surface area contributed by atoms with Crippen LogP contribution >= 0.6 is 0 Å². The lowest BCUT2D eigenvalue weighted by Gasteiger charge is -2.28. The van der Waals surface area contributed by atoms with Crippen molar-refractivity contribution in [3.63, 3.8) is 0 Å². The molecule has 0 radical (unpaired) electrons. The van der Waals surface area contributed by atoms with Gasteiger partial charge in [-0.05, 0) is 74.6 Å². The van der Waals surface area contributed by atoms with Crippen molar-refractivity contribution in [1.82, 2.24) is 0 Å². The van der Waals surface area contributed by atoms with E-state index in [0.29, 0.717) is 17.9 Å². The Hall–Kier alpha value is -2.79. The molecule has 0 aliphatic carbocycles. The summed E-state index contributed by atoms with van der Waals surface area (Å²) in [6, 6.07) is 8.61. The van der Waals surface area contributed by atoms with Gasteiger partial charge in [-0.1, -0.05) is 39.8 Å². The number of fused-ring (bicyclic) bond motifs is 1. The highest BCUT2D eigenvalue weighted by Gasteiger charge is 2.48. The Kier molecular flexibility index (Phi) is 12.1. The third kappa shape index (κ3) is 8.62. The van der Waals surface area contributed by atoms with E-state index in [0.717, 1.165) is 30.5 Å². The summed E-state index contributed by atoms with van der Waals surface area (Å²) in [4.78, 5) is 12.6. The van der Waals surface area contributed by atoms with Crippen LogP contribution in [-0.4, -0.2) is 39.2 Å². The van der Waals surface area contributed by atoms with Gasteiger partial charge in [0.05, 0.1) is 19.3 Å². The second-order valence-corrected chi connectivity index (χ2v) is 10.2. The van der Waals surface area contributed by atoms with Crippen molar-refractivity contribution >= 4 is 16.1 Å². The molecule has 0 saturated heterocycles. The quantitative estimate of drug-likeness (QED) is 0.213. The van der Waals surface area contributed by atoms with E-state index in [1.165, 1.54) is 13.2 Å². The number of hydrogen-bond donors (Lipinski definition) is 0. The topological polar surface area (TPSA) is 88.1 Å². The predicted octanol–water partition coefficient (Wildman–Crippen LogP) is 6.99. The Balaban J connectivity index is 0.00000172. The van der Waals surface area contributed by atoms with Gasteiger partial charge in [-0.15, -0.1) is 0 Å². The molecule has 3 rings (SSSR count). The van der Waals surface area contributed by atoms with Crippen LogP contribution in [0.15, 0.2) is 36.4 Å². The number of ether oxygens (including phenoxy) is 3. The molecule has 38 heavy (non-hydrogen) atoms. The number of benzene rings is 2. The van der Waals surface area contributed by atoms with Crippen LogP contribution in [-0.2, 0) is 30.8 Å². The molecule has 0 spiro atoms. The molecular weight excluding hydrogens is 525 g/mol. The van der Waals surface area contributed by atoms with Gasteiger partial charge in [0.25, 0.3) is 0 Å². The summed E-state index contributed by atoms with van der Waals surface area (Å²) < 4.78 is 82.5. The molecule has 2 aromatic carbocycles.